The number of aryl methyl sites for hydroxylation is 1. The van der Waals surface area contributed by atoms with Gasteiger partial charge < -0.3 is 15.1 Å². The Balaban J connectivity index is 1.99. The first kappa shape index (κ1) is 15.7. The molecule has 1 saturated heterocycles. The van der Waals surface area contributed by atoms with E-state index in [4.69, 9.17) is 10.2 Å². The lowest BCUT2D eigenvalue weighted by atomic mass is 9.91. The number of nitrogens with two attached hydrogens (primary N) is 1. The number of fused-ring (bicyclic) bond motifs is 1. The minimum absolute atomic E-state index is 0.0414. The second-order valence-electron chi connectivity index (χ2n) is 6.40. The zero-order chi connectivity index (χ0) is 16.6. The van der Waals surface area contributed by atoms with Crippen LogP contribution in [0.2, 0.25) is 0 Å². The van der Waals surface area contributed by atoms with Crippen LogP contribution in [0.1, 0.15) is 35.7 Å². The molecule has 2 aromatic rings. The highest BCUT2D eigenvalue weighted by Gasteiger charge is 2.29. The maximum absolute atomic E-state index is 12.9. The Labute approximate surface area is 135 Å². The van der Waals surface area contributed by atoms with Crippen LogP contribution in [0.15, 0.2) is 33.5 Å². The van der Waals surface area contributed by atoms with E-state index in [1.807, 2.05) is 25.1 Å². The van der Waals surface area contributed by atoms with E-state index in [1.165, 1.54) is 0 Å². The number of hydrogen-bond acceptors (Lipinski definition) is 4. The lowest BCUT2D eigenvalue weighted by Gasteiger charge is -2.34. The molecule has 5 nitrogen and oxygen atoms in total. The van der Waals surface area contributed by atoms with E-state index in [0.717, 1.165) is 18.2 Å². The molecule has 2 unspecified atom stereocenters. The predicted octanol–water partition coefficient (Wildman–Crippen LogP) is 2.30. The summed E-state index contributed by atoms with van der Waals surface area (Å²) in [5.74, 6) is 0.0351. The van der Waals surface area contributed by atoms with Crippen molar-refractivity contribution in [3.05, 3.63) is 45.8 Å². The smallest absolute Gasteiger partial charge is 0.349 e. The number of piperidine rings is 1. The molecule has 1 amide bonds. The molecule has 0 spiro atoms. The van der Waals surface area contributed by atoms with E-state index in [1.54, 1.807) is 17.9 Å². The van der Waals surface area contributed by atoms with Gasteiger partial charge in [-0.3, -0.25) is 4.79 Å². The van der Waals surface area contributed by atoms with Crippen LogP contribution >= 0.6 is 0 Å². The lowest BCUT2D eigenvalue weighted by Crippen LogP contribution is -2.46. The summed E-state index contributed by atoms with van der Waals surface area (Å²) >= 11 is 0. The van der Waals surface area contributed by atoms with Crippen molar-refractivity contribution < 1.29 is 9.21 Å². The average molecular weight is 314 g/mol. The third kappa shape index (κ3) is 2.88. The van der Waals surface area contributed by atoms with Gasteiger partial charge in [0.15, 0.2) is 0 Å². The molecule has 5 heteroatoms. The van der Waals surface area contributed by atoms with E-state index < -0.39 is 5.63 Å². The molecule has 1 aromatic heterocycles. The van der Waals surface area contributed by atoms with Crippen molar-refractivity contribution in [3.63, 3.8) is 0 Å². The Kier molecular flexibility index (Phi) is 4.22. The number of para-hydroxylation sites is 1. The molecule has 1 aliphatic heterocycles. The zero-order valence-electron chi connectivity index (χ0n) is 13.5. The van der Waals surface area contributed by atoms with Gasteiger partial charge in [-0.15, -0.1) is 0 Å². The van der Waals surface area contributed by atoms with Crippen LogP contribution in [0.3, 0.4) is 0 Å². The Morgan fingerprint density at radius 3 is 2.87 bits per heavy atom. The second kappa shape index (κ2) is 6.16. The van der Waals surface area contributed by atoms with Gasteiger partial charge in [0, 0.05) is 24.5 Å². The van der Waals surface area contributed by atoms with Crippen molar-refractivity contribution in [1.82, 2.24) is 4.90 Å². The van der Waals surface area contributed by atoms with E-state index in [2.05, 4.69) is 0 Å². The molecule has 2 atom stereocenters. The first-order valence-corrected chi connectivity index (χ1v) is 8.06. The summed E-state index contributed by atoms with van der Waals surface area (Å²) in [6, 6.07) is 7.33. The van der Waals surface area contributed by atoms with Gasteiger partial charge >= 0.3 is 5.63 Å². The fraction of sp³-hybridized carbons (Fsp3) is 0.444. The number of likely N-dealkylation sites (tertiary alicyclic amines) is 1. The van der Waals surface area contributed by atoms with Crippen LogP contribution in [0.5, 0.6) is 0 Å². The molecule has 1 aromatic carbocycles. The van der Waals surface area contributed by atoms with E-state index in [9.17, 15) is 9.59 Å². The van der Waals surface area contributed by atoms with Crippen LogP contribution in [-0.4, -0.2) is 29.9 Å². The Morgan fingerprint density at radius 2 is 2.13 bits per heavy atom. The first-order chi connectivity index (χ1) is 11.0. The fourth-order valence-corrected chi connectivity index (χ4v) is 3.33. The third-order valence-electron chi connectivity index (χ3n) is 4.78. The fourth-order valence-electron chi connectivity index (χ4n) is 3.33. The van der Waals surface area contributed by atoms with Gasteiger partial charge in [0.2, 0.25) is 0 Å². The lowest BCUT2D eigenvalue weighted by molar-refractivity contribution is 0.0656. The molecule has 0 aliphatic carbocycles. The Morgan fingerprint density at radius 1 is 1.39 bits per heavy atom. The minimum atomic E-state index is -0.561. The molecule has 1 aliphatic rings. The molecule has 2 heterocycles. The Bertz CT molecular complexity index is 794. The molecule has 0 radical (unpaired) electrons. The van der Waals surface area contributed by atoms with Crippen molar-refractivity contribution in [2.75, 3.05) is 13.1 Å². The summed E-state index contributed by atoms with van der Waals surface area (Å²) in [7, 11) is 0. The van der Waals surface area contributed by atoms with Crippen molar-refractivity contribution in [1.29, 1.82) is 0 Å². The van der Waals surface area contributed by atoms with Crippen molar-refractivity contribution in [3.8, 4) is 0 Å². The monoisotopic (exact) mass is 314 g/mol. The van der Waals surface area contributed by atoms with Crippen LogP contribution < -0.4 is 11.4 Å². The standard InChI is InChI=1S/C18H22N2O3/c1-11-14-7-3-4-8-15(14)23-18(22)16(11)17(21)20-9-5-6-13(10-20)12(2)19/h3-4,7-8,12-13H,5-6,9-10,19H2,1-2H3. The van der Waals surface area contributed by atoms with Gasteiger partial charge in [0.1, 0.15) is 11.1 Å². The van der Waals surface area contributed by atoms with Crippen LogP contribution in [0, 0.1) is 12.8 Å². The van der Waals surface area contributed by atoms with Gasteiger partial charge in [-0.1, -0.05) is 18.2 Å². The highest BCUT2D eigenvalue weighted by Crippen LogP contribution is 2.23. The molecule has 0 bridgehead atoms. The van der Waals surface area contributed by atoms with Gasteiger partial charge in [-0.25, -0.2) is 4.79 Å². The number of amides is 1. The molecule has 2 N–H and O–H groups in total. The van der Waals surface area contributed by atoms with E-state index in [-0.39, 0.29) is 23.4 Å². The summed E-state index contributed by atoms with van der Waals surface area (Å²) < 4.78 is 5.33. The number of carbonyl (C=O) groups is 1. The maximum atomic E-state index is 12.9. The van der Waals surface area contributed by atoms with Gasteiger partial charge in [-0.2, -0.15) is 0 Å². The molecule has 122 valence electrons. The number of hydrogen-bond donors (Lipinski definition) is 1. The molecule has 1 fully saturated rings. The number of rotatable bonds is 2. The summed E-state index contributed by atoms with van der Waals surface area (Å²) in [5.41, 5.74) is 6.77. The number of carbonyl (C=O) groups excluding carboxylic acids is 1. The molecule has 23 heavy (non-hydrogen) atoms. The first-order valence-electron chi connectivity index (χ1n) is 8.06. The number of benzene rings is 1. The zero-order valence-corrected chi connectivity index (χ0v) is 13.5. The van der Waals surface area contributed by atoms with Crippen molar-refractivity contribution in [2.24, 2.45) is 11.7 Å². The third-order valence-corrected chi connectivity index (χ3v) is 4.78. The normalized spacial score (nSPS) is 19.8. The summed E-state index contributed by atoms with van der Waals surface area (Å²) in [5, 5.41) is 0.802. The number of nitrogens with zero attached hydrogens (tertiary/aromatic N) is 1. The molecule has 3 rings (SSSR count). The molecule has 0 saturated carbocycles. The van der Waals surface area contributed by atoms with Crippen LogP contribution in [0.4, 0.5) is 0 Å². The Hall–Kier alpha value is -2.14. The SMILES string of the molecule is Cc1c(C(=O)N2CCCC(C(C)N)C2)c(=O)oc2ccccc12. The van der Waals surface area contributed by atoms with Crippen LogP contribution in [-0.2, 0) is 0 Å². The van der Waals surface area contributed by atoms with Crippen LogP contribution in [0.25, 0.3) is 11.0 Å². The van der Waals surface area contributed by atoms with Gasteiger partial charge in [0.25, 0.3) is 5.91 Å². The van der Waals surface area contributed by atoms with Crippen molar-refractivity contribution >= 4 is 16.9 Å². The summed E-state index contributed by atoms with van der Waals surface area (Å²) in [6.45, 7) is 5.03. The second-order valence-corrected chi connectivity index (χ2v) is 6.40. The largest absolute Gasteiger partial charge is 0.422 e. The maximum Gasteiger partial charge on any atom is 0.349 e. The molecular formula is C18H22N2O3. The minimum Gasteiger partial charge on any atom is -0.422 e. The average Bonchev–Trinajstić information content (AvgIpc) is 2.55. The van der Waals surface area contributed by atoms with E-state index >= 15 is 0 Å². The van der Waals surface area contributed by atoms with Gasteiger partial charge in [-0.05, 0) is 44.2 Å². The van der Waals surface area contributed by atoms with E-state index in [0.29, 0.717) is 24.2 Å². The topological polar surface area (TPSA) is 76.5 Å². The van der Waals surface area contributed by atoms with Gasteiger partial charge in [0.05, 0.1) is 0 Å². The van der Waals surface area contributed by atoms with Crippen molar-refractivity contribution in [2.45, 2.75) is 32.7 Å². The quantitative estimate of drug-likeness (QED) is 0.863. The summed E-state index contributed by atoms with van der Waals surface area (Å²) in [6.07, 6.45) is 1.93. The highest BCUT2D eigenvalue weighted by atomic mass is 16.4. The summed E-state index contributed by atoms with van der Waals surface area (Å²) in [4.78, 5) is 26.9. The highest BCUT2D eigenvalue weighted by molar-refractivity contribution is 5.99. The molecular weight excluding hydrogens is 292 g/mol. The predicted molar refractivity (Wildman–Crippen MR) is 89.5 cm³/mol.